The summed E-state index contributed by atoms with van der Waals surface area (Å²) >= 11 is 0. The van der Waals surface area contributed by atoms with Gasteiger partial charge in [-0.2, -0.15) is 13.2 Å². The van der Waals surface area contributed by atoms with Crippen molar-refractivity contribution in [1.82, 2.24) is 5.32 Å². The van der Waals surface area contributed by atoms with Crippen LogP contribution in [0.2, 0.25) is 0 Å². The summed E-state index contributed by atoms with van der Waals surface area (Å²) in [6.07, 6.45) is -5.11. The van der Waals surface area contributed by atoms with Crippen LogP contribution in [0, 0.1) is 0 Å². The Morgan fingerprint density at radius 1 is 1.17 bits per heavy atom. The molecule has 0 heterocycles. The third-order valence-electron chi connectivity index (χ3n) is 3.09. The highest BCUT2D eigenvalue weighted by Crippen LogP contribution is 2.23. The summed E-state index contributed by atoms with van der Waals surface area (Å²) in [5, 5.41) is 1.71. The predicted octanol–water partition coefficient (Wildman–Crippen LogP) is 2.12. The number of halogens is 3. The summed E-state index contributed by atoms with van der Waals surface area (Å²) in [4.78, 5) is 23.6. The van der Waals surface area contributed by atoms with Crippen molar-refractivity contribution in [3.63, 3.8) is 0 Å². The molecule has 1 aromatic carbocycles. The Morgan fingerprint density at radius 3 is 2.12 bits per heavy atom. The Balaban J connectivity index is 3.16. The number of carbonyl (C=O) groups is 2. The van der Waals surface area contributed by atoms with Gasteiger partial charge in [0, 0.05) is 12.5 Å². The fraction of sp³-hybridized carbons (Fsp3) is 0.500. The fourth-order valence-electron chi connectivity index (χ4n) is 2.08. The molecule has 0 aliphatic carbocycles. The number of carbonyl (C=O) groups excluding carboxylic acids is 2. The van der Waals surface area contributed by atoms with E-state index < -0.39 is 35.6 Å². The monoisotopic (exact) mass is 346 g/mol. The number of nitrogens with one attached hydrogen (secondary N) is 1. The highest BCUT2D eigenvalue weighted by atomic mass is 19.4. The van der Waals surface area contributed by atoms with E-state index in [0.717, 1.165) is 0 Å². The molecular formula is C16H21F3N2O3. The molecule has 1 rings (SSSR count). The van der Waals surface area contributed by atoms with Gasteiger partial charge in [0.15, 0.2) is 0 Å². The number of benzene rings is 1. The van der Waals surface area contributed by atoms with E-state index in [1.165, 1.54) is 0 Å². The molecule has 0 bridgehead atoms. The lowest BCUT2D eigenvalue weighted by atomic mass is 9.91. The third kappa shape index (κ3) is 5.84. The van der Waals surface area contributed by atoms with Crippen molar-refractivity contribution in [1.29, 1.82) is 0 Å². The van der Waals surface area contributed by atoms with Crippen molar-refractivity contribution in [2.45, 2.75) is 44.5 Å². The molecule has 0 aliphatic rings. The van der Waals surface area contributed by atoms with Gasteiger partial charge in [0.1, 0.15) is 11.6 Å². The molecule has 134 valence electrons. The second-order valence-corrected chi connectivity index (χ2v) is 6.24. The number of amides is 1. The molecule has 24 heavy (non-hydrogen) atoms. The maximum atomic E-state index is 12.6. The van der Waals surface area contributed by atoms with Gasteiger partial charge in [-0.3, -0.25) is 4.79 Å². The van der Waals surface area contributed by atoms with Gasteiger partial charge >= 0.3 is 18.1 Å². The van der Waals surface area contributed by atoms with Gasteiger partial charge in [0.25, 0.3) is 0 Å². The van der Waals surface area contributed by atoms with E-state index in [0.29, 0.717) is 5.56 Å². The van der Waals surface area contributed by atoms with Crippen LogP contribution < -0.4 is 11.1 Å². The van der Waals surface area contributed by atoms with E-state index in [9.17, 15) is 22.8 Å². The molecule has 0 spiro atoms. The number of alkyl halides is 3. The van der Waals surface area contributed by atoms with Gasteiger partial charge in [-0.1, -0.05) is 30.3 Å². The van der Waals surface area contributed by atoms with E-state index in [2.05, 4.69) is 0 Å². The summed E-state index contributed by atoms with van der Waals surface area (Å²) in [6, 6.07) is 6.73. The zero-order chi connectivity index (χ0) is 18.5. The van der Waals surface area contributed by atoms with E-state index in [-0.39, 0.29) is 6.54 Å². The predicted molar refractivity (Wildman–Crippen MR) is 82.1 cm³/mol. The number of ether oxygens (including phenoxy) is 1. The number of nitrogens with two attached hydrogens (primary N) is 1. The topological polar surface area (TPSA) is 81.4 Å². The lowest BCUT2D eigenvalue weighted by Crippen LogP contribution is -2.52. The van der Waals surface area contributed by atoms with Crippen molar-refractivity contribution >= 4 is 11.9 Å². The van der Waals surface area contributed by atoms with Crippen LogP contribution in [-0.2, 0) is 14.3 Å². The summed E-state index contributed by atoms with van der Waals surface area (Å²) in [5.41, 5.74) is 5.26. The normalized spacial score (nSPS) is 14.6. The van der Waals surface area contributed by atoms with Crippen LogP contribution >= 0.6 is 0 Å². The number of hydrogen-bond donors (Lipinski definition) is 2. The van der Waals surface area contributed by atoms with Gasteiger partial charge in [-0.15, -0.1) is 0 Å². The van der Waals surface area contributed by atoms with E-state index in [1.807, 2.05) is 0 Å². The van der Waals surface area contributed by atoms with Crippen molar-refractivity contribution in [2.75, 3.05) is 6.54 Å². The highest BCUT2D eigenvalue weighted by molar-refractivity contribution is 5.88. The summed E-state index contributed by atoms with van der Waals surface area (Å²) < 4.78 is 42.9. The summed E-state index contributed by atoms with van der Waals surface area (Å²) in [7, 11) is 0. The largest absolute Gasteiger partial charge is 0.471 e. The summed E-state index contributed by atoms with van der Waals surface area (Å²) in [6.45, 7) is 4.58. The molecule has 0 aliphatic heterocycles. The second-order valence-electron chi connectivity index (χ2n) is 6.24. The molecule has 1 amide bonds. The van der Waals surface area contributed by atoms with Crippen LogP contribution in [0.4, 0.5) is 13.2 Å². The first-order valence-electron chi connectivity index (χ1n) is 7.31. The van der Waals surface area contributed by atoms with Crippen LogP contribution in [0.25, 0.3) is 0 Å². The average molecular weight is 346 g/mol. The zero-order valence-corrected chi connectivity index (χ0v) is 13.7. The molecular weight excluding hydrogens is 325 g/mol. The Morgan fingerprint density at radius 2 is 1.71 bits per heavy atom. The Labute approximate surface area is 138 Å². The first-order valence-corrected chi connectivity index (χ1v) is 7.31. The van der Waals surface area contributed by atoms with E-state index in [4.69, 9.17) is 10.5 Å². The van der Waals surface area contributed by atoms with Crippen LogP contribution in [0.1, 0.15) is 32.3 Å². The third-order valence-corrected chi connectivity index (χ3v) is 3.09. The Kier molecular flexibility index (Phi) is 6.36. The minimum Gasteiger partial charge on any atom is -0.458 e. The van der Waals surface area contributed by atoms with Gasteiger partial charge in [-0.25, -0.2) is 4.79 Å². The molecule has 8 heteroatoms. The van der Waals surface area contributed by atoms with Crippen molar-refractivity contribution in [2.24, 2.45) is 5.73 Å². The van der Waals surface area contributed by atoms with Crippen molar-refractivity contribution in [3.05, 3.63) is 35.9 Å². The molecule has 0 radical (unpaired) electrons. The van der Waals surface area contributed by atoms with Crippen LogP contribution in [-0.4, -0.2) is 36.2 Å². The van der Waals surface area contributed by atoms with Gasteiger partial charge in [0.05, 0.1) is 0 Å². The number of rotatable bonds is 5. The lowest BCUT2D eigenvalue weighted by molar-refractivity contribution is -0.177. The van der Waals surface area contributed by atoms with Crippen LogP contribution in [0.3, 0.4) is 0 Å². The van der Waals surface area contributed by atoms with Crippen LogP contribution in [0.15, 0.2) is 30.3 Å². The zero-order valence-electron chi connectivity index (χ0n) is 13.7. The maximum Gasteiger partial charge on any atom is 0.471 e. The molecule has 0 aromatic heterocycles. The molecule has 5 nitrogen and oxygen atoms in total. The number of hydrogen-bond acceptors (Lipinski definition) is 4. The molecule has 0 saturated carbocycles. The van der Waals surface area contributed by atoms with E-state index in [1.54, 1.807) is 56.4 Å². The molecule has 1 aromatic rings. The van der Waals surface area contributed by atoms with Gasteiger partial charge in [0.2, 0.25) is 0 Å². The number of esters is 1. The quantitative estimate of drug-likeness (QED) is 0.800. The van der Waals surface area contributed by atoms with Gasteiger partial charge < -0.3 is 15.8 Å². The molecule has 0 saturated heterocycles. The Bertz CT molecular complexity index is 568. The van der Waals surface area contributed by atoms with Crippen molar-refractivity contribution in [3.8, 4) is 0 Å². The average Bonchev–Trinajstić information content (AvgIpc) is 2.45. The van der Waals surface area contributed by atoms with Gasteiger partial charge in [-0.05, 0) is 26.3 Å². The van der Waals surface area contributed by atoms with E-state index >= 15 is 0 Å². The minimum absolute atomic E-state index is 0.147. The SMILES string of the molecule is CC(C)(C)OC(=O)C(NC(=O)C(F)(F)F)C(CN)c1ccccc1. The Hall–Kier alpha value is -2.09. The highest BCUT2D eigenvalue weighted by Gasteiger charge is 2.43. The molecule has 2 atom stereocenters. The first kappa shape index (κ1) is 20.0. The van der Waals surface area contributed by atoms with Crippen molar-refractivity contribution < 1.29 is 27.5 Å². The molecule has 2 unspecified atom stereocenters. The smallest absolute Gasteiger partial charge is 0.458 e. The molecule has 0 fully saturated rings. The standard InChI is InChI=1S/C16H21F3N2O3/c1-15(2,3)24-13(22)12(21-14(23)16(17,18)19)11(9-20)10-7-5-4-6-8-10/h4-8,11-12H,9,20H2,1-3H3,(H,21,23). The minimum atomic E-state index is -5.11. The summed E-state index contributed by atoms with van der Waals surface area (Å²) in [5.74, 6) is -4.04. The second kappa shape index (κ2) is 7.65. The van der Waals surface area contributed by atoms with Crippen LogP contribution in [0.5, 0.6) is 0 Å². The first-order chi connectivity index (χ1) is 11.0. The lowest BCUT2D eigenvalue weighted by Gasteiger charge is -2.29. The fourth-order valence-corrected chi connectivity index (χ4v) is 2.08. The molecule has 3 N–H and O–H groups in total. The maximum absolute atomic E-state index is 12.6.